The van der Waals surface area contributed by atoms with E-state index >= 15 is 0 Å². The van der Waals surface area contributed by atoms with E-state index in [1.165, 1.54) is 11.3 Å². The predicted octanol–water partition coefficient (Wildman–Crippen LogP) is 2.34. The summed E-state index contributed by atoms with van der Waals surface area (Å²) >= 11 is 0. The minimum atomic E-state index is -0.432. The molecule has 2 fully saturated rings. The zero-order valence-corrected chi connectivity index (χ0v) is 15.3. The van der Waals surface area contributed by atoms with Gasteiger partial charge in [0, 0.05) is 37.8 Å². The van der Waals surface area contributed by atoms with E-state index in [9.17, 15) is 9.59 Å². The van der Waals surface area contributed by atoms with Crippen molar-refractivity contribution in [2.24, 2.45) is 5.92 Å². The van der Waals surface area contributed by atoms with E-state index in [0.29, 0.717) is 13.1 Å². The van der Waals surface area contributed by atoms with Gasteiger partial charge in [0.05, 0.1) is 0 Å². The van der Waals surface area contributed by atoms with Gasteiger partial charge in [0.2, 0.25) is 11.8 Å². The van der Waals surface area contributed by atoms with Crippen LogP contribution in [0, 0.1) is 12.8 Å². The van der Waals surface area contributed by atoms with Gasteiger partial charge in [0.1, 0.15) is 6.04 Å². The summed E-state index contributed by atoms with van der Waals surface area (Å²) in [6.07, 6.45) is 4.17. The Balaban J connectivity index is 1.49. The number of nitrogens with one attached hydrogen (secondary N) is 1. The second-order valence-corrected chi connectivity index (χ2v) is 7.36. The summed E-state index contributed by atoms with van der Waals surface area (Å²) in [6, 6.07) is 8.04. The molecule has 1 aliphatic heterocycles. The molecule has 1 aromatic carbocycles. The summed E-state index contributed by atoms with van der Waals surface area (Å²) in [6.45, 7) is 6.98. The minimum absolute atomic E-state index is 0.0373. The van der Waals surface area contributed by atoms with Crippen LogP contribution < -0.4 is 10.2 Å². The Morgan fingerprint density at radius 3 is 2.44 bits per heavy atom. The Morgan fingerprint density at radius 1 is 1.12 bits per heavy atom. The van der Waals surface area contributed by atoms with E-state index < -0.39 is 6.04 Å². The third kappa shape index (κ3) is 4.33. The van der Waals surface area contributed by atoms with Gasteiger partial charge in [-0.25, -0.2) is 0 Å². The lowest BCUT2D eigenvalue weighted by Crippen LogP contribution is -2.54. The van der Waals surface area contributed by atoms with Crippen molar-refractivity contribution in [3.8, 4) is 0 Å². The molecule has 5 heteroatoms. The van der Waals surface area contributed by atoms with Crippen molar-refractivity contribution in [2.45, 2.75) is 45.6 Å². The zero-order valence-electron chi connectivity index (χ0n) is 15.3. The lowest BCUT2D eigenvalue weighted by molar-refractivity contribution is -0.137. The number of aryl methyl sites for hydroxylation is 1. The molecule has 2 amide bonds. The standard InChI is InChI=1S/C20H29N3O2/c1-15-6-5-9-18(14-15)22-10-12-23(13-11-22)20(25)16(2)21-19(24)17-7-3-4-8-17/h5-6,9,14,16-17H,3-4,7-8,10-13H2,1-2H3,(H,21,24). The number of anilines is 1. The highest BCUT2D eigenvalue weighted by atomic mass is 16.2. The van der Waals surface area contributed by atoms with E-state index in [2.05, 4.69) is 41.4 Å². The Labute approximate surface area is 150 Å². The molecule has 1 aromatic rings. The number of benzene rings is 1. The monoisotopic (exact) mass is 343 g/mol. The van der Waals surface area contributed by atoms with Gasteiger partial charge in [-0.15, -0.1) is 0 Å². The number of hydrogen-bond donors (Lipinski definition) is 1. The summed E-state index contributed by atoms with van der Waals surface area (Å²) in [5.74, 6) is 0.195. The Hall–Kier alpha value is -2.04. The van der Waals surface area contributed by atoms with E-state index in [0.717, 1.165) is 38.8 Å². The van der Waals surface area contributed by atoms with Crippen molar-refractivity contribution in [1.82, 2.24) is 10.2 Å². The van der Waals surface area contributed by atoms with Gasteiger partial charge in [0.25, 0.3) is 0 Å². The first-order chi connectivity index (χ1) is 12.0. The predicted molar refractivity (Wildman–Crippen MR) is 99.5 cm³/mol. The molecule has 1 unspecified atom stereocenters. The molecule has 3 rings (SSSR count). The summed E-state index contributed by atoms with van der Waals surface area (Å²) < 4.78 is 0. The van der Waals surface area contributed by atoms with Crippen LogP contribution in [0.3, 0.4) is 0 Å². The largest absolute Gasteiger partial charge is 0.368 e. The molecule has 1 atom stereocenters. The molecular weight excluding hydrogens is 314 g/mol. The smallest absolute Gasteiger partial charge is 0.244 e. The van der Waals surface area contributed by atoms with Gasteiger partial charge in [-0.2, -0.15) is 0 Å². The van der Waals surface area contributed by atoms with Crippen molar-refractivity contribution in [2.75, 3.05) is 31.1 Å². The molecule has 0 radical (unpaired) electrons. The van der Waals surface area contributed by atoms with Gasteiger partial charge in [-0.1, -0.05) is 25.0 Å². The van der Waals surface area contributed by atoms with Gasteiger partial charge < -0.3 is 15.1 Å². The number of hydrogen-bond acceptors (Lipinski definition) is 3. The normalized spacial score (nSPS) is 19.8. The maximum Gasteiger partial charge on any atom is 0.244 e. The van der Waals surface area contributed by atoms with Crippen molar-refractivity contribution in [3.05, 3.63) is 29.8 Å². The van der Waals surface area contributed by atoms with E-state index in [4.69, 9.17) is 0 Å². The topological polar surface area (TPSA) is 52.6 Å². The lowest BCUT2D eigenvalue weighted by Gasteiger charge is -2.37. The zero-order chi connectivity index (χ0) is 17.8. The Bertz CT molecular complexity index is 617. The average molecular weight is 343 g/mol. The molecule has 25 heavy (non-hydrogen) atoms. The Kier molecular flexibility index (Phi) is 5.61. The number of rotatable bonds is 4. The second kappa shape index (κ2) is 7.89. The lowest BCUT2D eigenvalue weighted by atomic mass is 10.1. The van der Waals surface area contributed by atoms with E-state index in [1.807, 2.05) is 11.8 Å². The average Bonchev–Trinajstić information content (AvgIpc) is 3.16. The van der Waals surface area contributed by atoms with Crippen LogP contribution in [0.15, 0.2) is 24.3 Å². The highest BCUT2D eigenvalue weighted by Gasteiger charge is 2.29. The Morgan fingerprint density at radius 2 is 1.80 bits per heavy atom. The molecule has 1 saturated heterocycles. The van der Waals surface area contributed by atoms with E-state index in [1.54, 1.807) is 0 Å². The van der Waals surface area contributed by atoms with Crippen LogP contribution in [0.2, 0.25) is 0 Å². The maximum atomic E-state index is 12.6. The highest BCUT2D eigenvalue weighted by molar-refractivity contribution is 5.88. The first kappa shape index (κ1) is 17.8. The molecule has 2 aliphatic rings. The first-order valence-electron chi connectivity index (χ1n) is 9.45. The van der Waals surface area contributed by atoms with Crippen LogP contribution in [-0.2, 0) is 9.59 Å². The van der Waals surface area contributed by atoms with E-state index in [-0.39, 0.29) is 17.7 Å². The fourth-order valence-electron chi connectivity index (χ4n) is 3.86. The van der Waals surface area contributed by atoms with Crippen LogP contribution in [0.5, 0.6) is 0 Å². The van der Waals surface area contributed by atoms with Crippen molar-refractivity contribution in [3.63, 3.8) is 0 Å². The minimum Gasteiger partial charge on any atom is -0.368 e. The number of carbonyl (C=O) groups is 2. The van der Waals surface area contributed by atoms with Gasteiger partial charge in [0.15, 0.2) is 0 Å². The molecular formula is C20H29N3O2. The van der Waals surface area contributed by atoms with Crippen LogP contribution >= 0.6 is 0 Å². The summed E-state index contributed by atoms with van der Waals surface area (Å²) in [5, 5.41) is 2.93. The molecule has 1 N–H and O–H groups in total. The maximum absolute atomic E-state index is 12.6. The molecule has 1 heterocycles. The molecule has 0 aromatic heterocycles. The summed E-state index contributed by atoms with van der Waals surface area (Å²) in [5.41, 5.74) is 2.47. The molecule has 0 bridgehead atoms. The second-order valence-electron chi connectivity index (χ2n) is 7.36. The number of piperazine rings is 1. The van der Waals surface area contributed by atoms with Crippen LogP contribution in [0.25, 0.3) is 0 Å². The van der Waals surface area contributed by atoms with Crippen molar-refractivity contribution < 1.29 is 9.59 Å². The van der Waals surface area contributed by atoms with Crippen molar-refractivity contribution in [1.29, 1.82) is 0 Å². The van der Waals surface area contributed by atoms with Crippen LogP contribution in [-0.4, -0.2) is 48.9 Å². The van der Waals surface area contributed by atoms with Gasteiger partial charge >= 0.3 is 0 Å². The van der Waals surface area contributed by atoms with Crippen molar-refractivity contribution >= 4 is 17.5 Å². The number of carbonyl (C=O) groups excluding carboxylic acids is 2. The summed E-state index contributed by atoms with van der Waals surface area (Å²) in [7, 11) is 0. The molecule has 0 spiro atoms. The van der Waals surface area contributed by atoms with Crippen LogP contribution in [0.1, 0.15) is 38.2 Å². The quantitative estimate of drug-likeness (QED) is 0.913. The third-order valence-electron chi connectivity index (χ3n) is 5.41. The van der Waals surface area contributed by atoms with Crippen LogP contribution in [0.4, 0.5) is 5.69 Å². The van der Waals surface area contributed by atoms with Gasteiger partial charge in [-0.05, 0) is 44.4 Å². The first-order valence-corrected chi connectivity index (χ1v) is 9.45. The number of nitrogens with zero attached hydrogens (tertiary/aromatic N) is 2. The molecule has 1 aliphatic carbocycles. The fourth-order valence-corrected chi connectivity index (χ4v) is 3.86. The SMILES string of the molecule is Cc1cccc(N2CCN(C(=O)C(C)NC(=O)C3CCCC3)CC2)c1. The molecule has 136 valence electrons. The molecule has 1 saturated carbocycles. The number of amides is 2. The summed E-state index contributed by atoms with van der Waals surface area (Å²) in [4.78, 5) is 29.1. The third-order valence-corrected chi connectivity index (χ3v) is 5.41. The fraction of sp³-hybridized carbons (Fsp3) is 0.600. The van der Waals surface area contributed by atoms with Gasteiger partial charge in [-0.3, -0.25) is 9.59 Å². The molecule has 5 nitrogen and oxygen atoms in total. The highest BCUT2D eigenvalue weighted by Crippen LogP contribution is 2.25.